The van der Waals surface area contributed by atoms with Gasteiger partial charge in [-0.3, -0.25) is 4.79 Å². The normalized spacial score (nSPS) is 21.1. The third-order valence-corrected chi connectivity index (χ3v) is 4.03. The van der Waals surface area contributed by atoms with Crippen molar-refractivity contribution in [3.63, 3.8) is 0 Å². The van der Waals surface area contributed by atoms with Gasteiger partial charge in [-0.25, -0.2) is 0 Å². The van der Waals surface area contributed by atoms with E-state index in [0.29, 0.717) is 24.8 Å². The molecule has 0 spiro atoms. The molecule has 2 heterocycles. The maximum absolute atomic E-state index is 12.1. The Labute approximate surface area is 123 Å². The van der Waals surface area contributed by atoms with E-state index in [1.165, 1.54) is 0 Å². The van der Waals surface area contributed by atoms with Crippen molar-refractivity contribution >= 4 is 17.5 Å². The highest BCUT2D eigenvalue weighted by atomic mass is 35.5. The minimum Gasteiger partial charge on any atom is -0.493 e. The van der Waals surface area contributed by atoms with E-state index in [4.69, 9.17) is 21.1 Å². The van der Waals surface area contributed by atoms with E-state index in [0.717, 1.165) is 42.7 Å². The Kier molecular flexibility index (Phi) is 4.13. The summed E-state index contributed by atoms with van der Waals surface area (Å²) >= 11 is 6.10. The van der Waals surface area contributed by atoms with Gasteiger partial charge in [0.2, 0.25) is 5.91 Å². The molecular weight excluding hydrogens is 278 g/mol. The Balaban J connectivity index is 1.65. The van der Waals surface area contributed by atoms with Crippen molar-refractivity contribution in [2.45, 2.75) is 25.8 Å². The zero-order valence-corrected chi connectivity index (χ0v) is 12.0. The van der Waals surface area contributed by atoms with Crippen molar-refractivity contribution in [2.75, 3.05) is 19.8 Å². The number of nitrogens with one attached hydrogen (secondary N) is 1. The van der Waals surface area contributed by atoms with E-state index < -0.39 is 0 Å². The summed E-state index contributed by atoms with van der Waals surface area (Å²) in [5.41, 5.74) is 2.08. The lowest BCUT2D eigenvalue weighted by Crippen LogP contribution is -2.35. The summed E-state index contributed by atoms with van der Waals surface area (Å²) in [5, 5.41) is 3.66. The minimum atomic E-state index is -0.0306. The van der Waals surface area contributed by atoms with Crippen LogP contribution in [0.3, 0.4) is 0 Å². The molecule has 0 unspecified atom stereocenters. The summed E-state index contributed by atoms with van der Waals surface area (Å²) in [7, 11) is 0. The molecule has 2 aliphatic rings. The molecule has 1 N–H and O–H groups in total. The van der Waals surface area contributed by atoms with Gasteiger partial charge >= 0.3 is 0 Å². The standard InChI is InChI=1S/C15H18ClNO3/c16-13-6-10-3-5-20-14(10)12(7-13)8-17-15(18)11-2-1-4-19-9-11/h6-7,11H,1-5,8-9H2,(H,17,18)/t11-/m0/s1. The second-order valence-corrected chi connectivity index (χ2v) is 5.72. The first-order valence-electron chi connectivity index (χ1n) is 7.03. The molecule has 1 aromatic carbocycles. The fourth-order valence-electron chi connectivity index (χ4n) is 2.75. The molecule has 0 bridgehead atoms. The number of hydrogen-bond donors (Lipinski definition) is 1. The smallest absolute Gasteiger partial charge is 0.225 e. The molecule has 20 heavy (non-hydrogen) atoms. The average molecular weight is 296 g/mol. The second-order valence-electron chi connectivity index (χ2n) is 5.28. The van der Waals surface area contributed by atoms with Gasteiger partial charge in [-0.1, -0.05) is 11.6 Å². The van der Waals surface area contributed by atoms with Crippen LogP contribution in [0, 0.1) is 5.92 Å². The molecule has 0 saturated carbocycles. The van der Waals surface area contributed by atoms with Crippen LogP contribution in [-0.4, -0.2) is 25.7 Å². The monoisotopic (exact) mass is 295 g/mol. The highest BCUT2D eigenvalue weighted by Gasteiger charge is 2.23. The summed E-state index contributed by atoms with van der Waals surface area (Å²) in [6, 6.07) is 3.80. The molecule has 1 aromatic rings. The summed E-state index contributed by atoms with van der Waals surface area (Å²) in [4.78, 5) is 12.1. The highest BCUT2D eigenvalue weighted by molar-refractivity contribution is 6.30. The van der Waals surface area contributed by atoms with Crippen LogP contribution in [0.5, 0.6) is 5.75 Å². The lowest BCUT2D eigenvalue weighted by molar-refractivity contribution is -0.129. The van der Waals surface area contributed by atoms with Crippen LogP contribution < -0.4 is 10.1 Å². The number of halogens is 1. The number of amides is 1. The molecule has 3 rings (SSSR count). The van der Waals surface area contributed by atoms with Gasteiger partial charge in [0.15, 0.2) is 0 Å². The molecule has 4 nitrogen and oxygen atoms in total. The van der Waals surface area contributed by atoms with Crippen LogP contribution in [-0.2, 0) is 22.5 Å². The van der Waals surface area contributed by atoms with Crippen LogP contribution in [0.4, 0.5) is 0 Å². The van der Waals surface area contributed by atoms with Gasteiger partial charge in [-0.2, -0.15) is 0 Å². The first-order chi connectivity index (χ1) is 9.74. The van der Waals surface area contributed by atoms with Crippen molar-refractivity contribution in [1.29, 1.82) is 0 Å². The predicted octanol–water partition coefficient (Wildman–Crippen LogP) is 2.32. The molecule has 0 radical (unpaired) electrons. The summed E-state index contributed by atoms with van der Waals surface area (Å²) in [6.07, 6.45) is 2.73. The zero-order chi connectivity index (χ0) is 13.9. The summed E-state index contributed by atoms with van der Waals surface area (Å²) < 4.78 is 11.0. The highest BCUT2D eigenvalue weighted by Crippen LogP contribution is 2.32. The number of rotatable bonds is 3. The van der Waals surface area contributed by atoms with Crippen molar-refractivity contribution in [2.24, 2.45) is 5.92 Å². The van der Waals surface area contributed by atoms with Gasteiger partial charge < -0.3 is 14.8 Å². The third-order valence-electron chi connectivity index (χ3n) is 3.81. The molecule has 1 fully saturated rings. The Morgan fingerprint density at radius 2 is 2.30 bits per heavy atom. The summed E-state index contributed by atoms with van der Waals surface area (Å²) in [5.74, 6) is 0.905. The van der Waals surface area contributed by atoms with Gasteiger partial charge in [0.1, 0.15) is 5.75 Å². The number of fused-ring (bicyclic) bond motifs is 1. The number of benzene rings is 1. The quantitative estimate of drug-likeness (QED) is 0.931. The second kappa shape index (κ2) is 6.02. The molecule has 2 aliphatic heterocycles. The molecule has 1 atom stereocenters. The fourth-order valence-corrected chi connectivity index (χ4v) is 3.01. The molecular formula is C15H18ClNO3. The van der Waals surface area contributed by atoms with E-state index in [9.17, 15) is 4.79 Å². The zero-order valence-electron chi connectivity index (χ0n) is 11.3. The topological polar surface area (TPSA) is 47.6 Å². The number of carbonyl (C=O) groups is 1. The van der Waals surface area contributed by atoms with Crippen molar-refractivity contribution in [3.8, 4) is 5.75 Å². The molecule has 1 amide bonds. The molecule has 5 heteroatoms. The molecule has 0 aromatic heterocycles. The van der Waals surface area contributed by atoms with E-state index in [1.807, 2.05) is 12.1 Å². The largest absolute Gasteiger partial charge is 0.493 e. The van der Waals surface area contributed by atoms with Gasteiger partial charge in [0.05, 0.1) is 19.1 Å². The van der Waals surface area contributed by atoms with Gasteiger partial charge in [-0.05, 0) is 30.5 Å². The fraction of sp³-hybridized carbons (Fsp3) is 0.533. The molecule has 1 saturated heterocycles. The molecule has 108 valence electrons. The average Bonchev–Trinajstić information content (AvgIpc) is 2.93. The van der Waals surface area contributed by atoms with E-state index >= 15 is 0 Å². The Bertz CT molecular complexity index is 512. The lowest BCUT2D eigenvalue weighted by Gasteiger charge is -2.21. The van der Waals surface area contributed by atoms with E-state index in [-0.39, 0.29) is 11.8 Å². The number of hydrogen-bond acceptors (Lipinski definition) is 3. The Hall–Kier alpha value is -1.26. The van der Waals surface area contributed by atoms with Gasteiger partial charge in [-0.15, -0.1) is 0 Å². The van der Waals surface area contributed by atoms with Crippen molar-refractivity contribution in [3.05, 3.63) is 28.3 Å². The third kappa shape index (κ3) is 2.91. The lowest BCUT2D eigenvalue weighted by atomic mass is 10.0. The van der Waals surface area contributed by atoms with Crippen LogP contribution in [0.25, 0.3) is 0 Å². The van der Waals surface area contributed by atoms with E-state index in [1.54, 1.807) is 0 Å². The Morgan fingerprint density at radius 3 is 3.10 bits per heavy atom. The first-order valence-corrected chi connectivity index (χ1v) is 7.41. The van der Waals surface area contributed by atoms with Gasteiger partial charge in [0, 0.05) is 30.2 Å². The van der Waals surface area contributed by atoms with Crippen LogP contribution in [0.2, 0.25) is 5.02 Å². The van der Waals surface area contributed by atoms with Crippen LogP contribution in [0.1, 0.15) is 24.0 Å². The predicted molar refractivity (Wildman–Crippen MR) is 76.0 cm³/mol. The van der Waals surface area contributed by atoms with Crippen molar-refractivity contribution in [1.82, 2.24) is 5.32 Å². The number of ether oxygens (including phenoxy) is 2. The van der Waals surface area contributed by atoms with E-state index in [2.05, 4.69) is 5.32 Å². The van der Waals surface area contributed by atoms with Crippen LogP contribution in [0.15, 0.2) is 12.1 Å². The maximum atomic E-state index is 12.1. The first kappa shape index (κ1) is 13.7. The SMILES string of the molecule is O=C(NCc1cc(Cl)cc2c1OCC2)[C@H]1CCCOC1. The molecule has 0 aliphatic carbocycles. The summed E-state index contributed by atoms with van der Waals surface area (Å²) in [6.45, 7) is 2.43. The maximum Gasteiger partial charge on any atom is 0.225 e. The van der Waals surface area contributed by atoms with Gasteiger partial charge in [0.25, 0.3) is 0 Å². The minimum absolute atomic E-state index is 0.0306. The Morgan fingerprint density at radius 1 is 1.40 bits per heavy atom. The number of carbonyl (C=O) groups excluding carboxylic acids is 1. The van der Waals surface area contributed by atoms with Crippen molar-refractivity contribution < 1.29 is 14.3 Å². The van der Waals surface area contributed by atoms with Crippen LogP contribution >= 0.6 is 11.6 Å².